The molecule has 2 nitrogen and oxygen atoms in total. The summed E-state index contributed by atoms with van der Waals surface area (Å²) in [7, 11) is 2.24. The Morgan fingerprint density at radius 2 is 2.05 bits per heavy atom. The topological polar surface area (TPSA) is 29.3 Å². The monoisotopic (exact) mass is 344 g/mol. The molecule has 0 radical (unpaired) electrons. The van der Waals surface area contributed by atoms with Crippen LogP contribution in [0.2, 0.25) is 0 Å². The molecule has 0 spiro atoms. The van der Waals surface area contributed by atoms with E-state index in [9.17, 15) is 0 Å². The number of likely N-dealkylation sites (N-methyl/N-ethyl adjacent to an activating group) is 1. The fourth-order valence-corrected chi connectivity index (χ4v) is 4.63. The van der Waals surface area contributed by atoms with Crippen LogP contribution in [0.1, 0.15) is 50.4 Å². The molecular weight excluding hydrogens is 320 g/mol. The first-order valence-electron chi connectivity index (χ1n) is 7.10. The third-order valence-corrected chi connectivity index (χ3v) is 6.25. The lowest BCUT2D eigenvalue weighted by Gasteiger charge is -2.41. The Kier molecular flexibility index (Phi) is 5.09. The molecule has 1 saturated carbocycles. The van der Waals surface area contributed by atoms with Crippen LogP contribution in [0.15, 0.2) is 15.9 Å². The molecule has 1 fully saturated rings. The number of hydrogen-bond donors (Lipinski definition) is 1. The fourth-order valence-electron chi connectivity index (χ4n) is 3.04. The Morgan fingerprint density at radius 3 is 2.53 bits per heavy atom. The Balaban J connectivity index is 2.03. The Bertz CT molecular complexity index is 406. The van der Waals surface area contributed by atoms with Crippen molar-refractivity contribution < 1.29 is 0 Å². The third-order valence-electron chi connectivity index (χ3n) is 4.52. The van der Waals surface area contributed by atoms with Gasteiger partial charge in [-0.3, -0.25) is 4.90 Å². The highest BCUT2D eigenvalue weighted by atomic mass is 79.9. The highest BCUT2D eigenvalue weighted by molar-refractivity contribution is 9.11. The predicted molar refractivity (Wildman–Crippen MR) is 87.6 cm³/mol. The molecule has 0 bridgehead atoms. The van der Waals surface area contributed by atoms with Crippen LogP contribution in [0, 0.1) is 5.41 Å². The van der Waals surface area contributed by atoms with E-state index in [-0.39, 0.29) is 0 Å². The quantitative estimate of drug-likeness (QED) is 0.876. The van der Waals surface area contributed by atoms with E-state index in [1.165, 1.54) is 34.3 Å². The maximum atomic E-state index is 6.02. The van der Waals surface area contributed by atoms with Crippen molar-refractivity contribution in [3.8, 4) is 0 Å². The number of halogens is 1. The molecule has 2 N–H and O–H groups in total. The molecule has 1 aromatic heterocycles. The molecule has 1 unspecified atom stereocenters. The molecule has 1 aliphatic carbocycles. The van der Waals surface area contributed by atoms with Crippen molar-refractivity contribution in [2.24, 2.45) is 11.1 Å². The normalized spacial score (nSPS) is 21.8. The second-order valence-electron chi connectivity index (χ2n) is 6.45. The molecule has 4 heteroatoms. The summed E-state index contributed by atoms with van der Waals surface area (Å²) < 4.78 is 1.19. The Labute approximate surface area is 129 Å². The summed E-state index contributed by atoms with van der Waals surface area (Å²) in [4.78, 5) is 3.88. The largest absolute Gasteiger partial charge is 0.329 e. The first kappa shape index (κ1) is 15.5. The van der Waals surface area contributed by atoms with E-state index in [1.54, 1.807) is 0 Å². The van der Waals surface area contributed by atoms with Crippen molar-refractivity contribution in [2.45, 2.75) is 51.6 Å². The van der Waals surface area contributed by atoms with Crippen molar-refractivity contribution >= 4 is 27.3 Å². The minimum atomic E-state index is 0.363. The van der Waals surface area contributed by atoms with Gasteiger partial charge in [0.1, 0.15) is 0 Å². The minimum Gasteiger partial charge on any atom is -0.329 e. The van der Waals surface area contributed by atoms with Crippen molar-refractivity contribution in [1.82, 2.24) is 4.90 Å². The van der Waals surface area contributed by atoms with E-state index in [2.05, 4.69) is 53.9 Å². The molecule has 1 aliphatic rings. The van der Waals surface area contributed by atoms with E-state index >= 15 is 0 Å². The zero-order chi connectivity index (χ0) is 14.0. The molecule has 2 rings (SSSR count). The van der Waals surface area contributed by atoms with Gasteiger partial charge in [-0.25, -0.2) is 0 Å². The highest BCUT2D eigenvalue weighted by Gasteiger charge is 2.31. The van der Waals surface area contributed by atoms with E-state index in [4.69, 9.17) is 5.73 Å². The van der Waals surface area contributed by atoms with Gasteiger partial charge in [-0.1, -0.05) is 13.8 Å². The summed E-state index contributed by atoms with van der Waals surface area (Å²) in [5, 5.41) is 0. The molecule has 0 amide bonds. The van der Waals surface area contributed by atoms with E-state index in [1.807, 2.05) is 11.3 Å². The van der Waals surface area contributed by atoms with Crippen LogP contribution in [0.3, 0.4) is 0 Å². The maximum absolute atomic E-state index is 6.02. The zero-order valence-electron chi connectivity index (χ0n) is 12.2. The number of nitrogens with two attached hydrogens (primary N) is 1. The van der Waals surface area contributed by atoms with Gasteiger partial charge in [-0.15, -0.1) is 11.3 Å². The summed E-state index contributed by atoms with van der Waals surface area (Å²) in [6.07, 6.45) is 5.25. The van der Waals surface area contributed by atoms with Crippen LogP contribution >= 0.6 is 27.3 Å². The predicted octanol–water partition coefficient (Wildman–Crippen LogP) is 4.41. The van der Waals surface area contributed by atoms with Gasteiger partial charge in [0.15, 0.2) is 0 Å². The zero-order valence-corrected chi connectivity index (χ0v) is 14.6. The molecular formula is C15H25BrN2S. The lowest BCUT2D eigenvalue weighted by atomic mass is 9.75. The van der Waals surface area contributed by atoms with Gasteiger partial charge in [0.05, 0.1) is 9.83 Å². The van der Waals surface area contributed by atoms with Gasteiger partial charge < -0.3 is 5.73 Å². The van der Waals surface area contributed by atoms with Crippen LogP contribution < -0.4 is 5.73 Å². The second kappa shape index (κ2) is 6.25. The molecule has 1 atom stereocenters. The maximum Gasteiger partial charge on any atom is 0.0702 e. The molecule has 19 heavy (non-hydrogen) atoms. The van der Waals surface area contributed by atoms with Crippen molar-refractivity contribution in [2.75, 3.05) is 13.6 Å². The van der Waals surface area contributed by atoms with E-state index < -0.39 is 0 Å². The average molecular weight is 345 g/mol. The van der Waals surface area contributed by atoms with Gasteiger partial charge >= 0.3 is 0 Å². The minimum absolute atomic E-state index is 0.363. The standard InChI is InChI=1S/C15H25BrN2S/c1-15(2)8-6-11(7-9-15)18(3)12(10-17)13-4-5-14(16)19-13/h4-5,11-12H,6-10,17H2,1-3H3. The Hall–Kier alpha value is 0.1000. The van der Waals surface area contributed by atoms with Crippen molar-refractivity contribution in [1.29, 1.82) is 0 Å². The van der Waals surface area contributed by atoms with E-state index in [0.29, 0.717) is 24.0 Å². The molecule has 1 heterocycles. The van der Waals surface area contributed by atoms with E-state index in [0.717, 1.165) is 0 Å². The Morgan fingerprint density at radius 1 is 1.42 bits per heavy atom. The number of rotatable bonds is 4. The van der Waals surface area contributed by atoms with Crippen LogP contribution in [0.25, 0.3) is 0 Å². The first-order valence-corrected chi connectivity index (χ1v) is 8.71. The molecule has 1 aromatic rings. The average Bonchev–Trinajstić information content (AvgIpc) is 2.76. The second-order valence-corrected chi connectivity index (χ2v) is 8.95. The summed E-state index contributed by atoms with van der Waals surface area (Å²) in [5.74, 6) is 0. The van der Waals surface area contributed by atoms with Gasteiger partial charge in [-0.05, 0) is 66.2 Å². The first-order chi connectivity index (χ1) is 8.93. The molecule has 0 aliphatic heterocycles. The third kappa shape index (κ3) is 3.81. The van der Waals surface area contributed by atoms with Crippen LogP contribution in [0.5, 0.6) is 0 Å². The lowest BCUT2D eigenvalue weighted by molar-refractivity contribution is 0.0978. The summed E-state index contributed by atoms with van der Waals surface area (Å²) in [6, 6.07) is 5.38. The molecule has 0 saturated heterocycles. The number of thiophene rings is 1. The fraction of sp³-hybridized carbons (Fsp3) is 0.733. The van der Waals surface area contributed by atoms with Gasteiger partial charge in [0.2, 0.25) is 0 Å². The SMILES string of the molecule is CN(C1CCC(C)(C)CC1)C(CN)c1ccc(Br)s1. The number of nitrogens with zero attached hydrogens (tertiary/aromatic N) is 1. The van der Waals surface area contributed by atoms with Crippen LogP contribution in [-0.2, 0) is 0 Å². The van der Waals surface area contributed by atoms with Gasteiger partial charge in [0, 0.05) is 17.5 Å². The van der Waals surface area contributed by atoms with Gasteiger partial charge in [-0.2, -0.15) is 0 Å². The summed E-state index contributed by atoms with van der Waals surface area (Å²) in [5.41, 5.74) is 6.55. The highest BCUT2D eigenvalue weighted by Crippen LogP contribution is 2.39. The summed E-state index contributed by atoms with van der Waals surface area (Å²) >= 11 is 5.36. The van der Waals surface area contributed by atoms with Crippen LogP contribution in [-0.4, -0.2) is 24.5 Å². The van der Waals surface area contributed by atoms with Gasteiger partial charge in [0.25, 0.3) is 0 Å². The smallest absolute Gasteiger partial charge is 0.0702 e. The number of hydrogen-bond acceptors (Lipinski definition) is 3. The van der Waals surface area contributed by atoms with Crippen molar-refractivity contribution in [3.05, 3.63) is 20.8 Å². The lowest BCUT2D eigenvalue weighted by Crippen LogP contribution is -2.41. The summed E-state index contributed by atoms with van der Waals surface area (Å²) in [6.45, 7) is 5.48. The van der Waals surface area contributed by atoms with Crippen molar-refractivity contribution in [3.63, 3.8) is 0 Å². The van der Waals surface area contributed by atoms with Crippen LogP contribution in [0.4, 0.5) is 0 Å². The molecule has 0 aromatic carbocycles. The molecule has 108 valence electrons.